The number of carbonyl (C=O) groups excluding carboxylic acids is 6. The van der Waals surface area contributed by atoms with Crippen LogP contribution >= 0.6 is 0 Å². The molecule has 0 aliphatic carbocycles. The fourth-order valence-corrected chi connectivity index (χ4v) is 4.28. The van der Waals surface area contributed by atoms with E-state index in [0.717, 1.165) is 6.92 Å². The zero-order chi connectivity index (χ0) is 24.6. The standard InChI is InChI=1S/C22H25N3O8/c1-10-6-17(32-12(3)27)19-14(20(10)33-13(4)28)7-15-22(31)24(5)9-18(29)25(15)16(19)8-23-21(30)11(2)26/h6,15-16H,7-9H2,1-5H3,(H,23,30)/t15-,16+/m0/s1. The van der Waals surface area contributed by atoms with Gasteiger partial charge in [0.2, 0.25) is 17.6 Å². The maximum Gasteiger partial charge on any atom is 0.308 e. The van der Waals surface area contributed by atoms with Crippen molar-refractivity contribution in [2.24, 2.45) is 0 Å². The molecule has 1 saturated heterocycles. The molecule has 0 bridgehead atoms. The number of aryl methyl sites for hydroxylation is 1. The van der Waals surface area contributed by atoms with Gasteiger partial charge in [0.1, 0.15) is 17.5 Å². The number of ether oxygens (including phenoxy) is 2. The molecule has 176 valence electrons. The number of piperazine rings is 1. The molecule has 2 aliphatic heterocycles. The van der Waals surface area contributed by atoms with E-state index >= 15 is 0 Å². The van der Waals surface area contributed by atoms with Crippen LogP contribution in [0.5, 0.6) is 11.5 Å². The predicted octanol–water partition coefficient (Wildman–Crippen LogP) is -0.183. The van der Waals surface area contributed by atoms with Gasteiger partial charge in [0.15, 0.2) is 0 Å². The Bertz CT molecular complexity index is 1080. The van der Waals surface area contributed by atoms with Crippen molar-refractivity contribution in [2.75, 3.05) is 20.1 Å². The second-order valence-corrected chi connectivity index (χ2v) is 8.10. The zero-order valence-corrected chi connectivity index (χ0v) is 19.0. The minimum Gasteiger partial charge on any atom is -0.426 e. The van der Waals surface area contributed by atoms with E-state index in [9.17, 15) is 28.8 Å². The first-order chi connectivity index (χ1) is 15.4. The first kappa shape index (κ1) is 23.9. The smallest absolute Gasteiger partial charge is 0.308 e. The van der Waals surface area contributed by atoms with Gasteiger partial charge in [-0.05, 0) is 18.6 Å². The fraction of sp³-hybridized carbons (Fsp3) is 0.455. The number of rotatable bonds is 5. The second kappa shape index (κ2) is 9.00. The fourth-order valence-electron chi connectivity index (χ4n) is 4.28. The third-order valence-corrected chi connectivity index (χ3v) is 5.57. The molecule has 0 spiro atoms. The number of nitrogens with zero attached hydrogens (tertiary/aromatic N) is 2. The van der Waals surface area contributed by atoms with Crippen LogP contribution in [0.1, 0.15) is 43.5 Å². The lowest BCUT2D eigenvalue weighted by molar-refractivity contribution is -0.158. The highest BCUT2D eigenvalue weighted by Crippen LogP contribution is 2.46. The van der Waals surface area contributed by atoms with Gasteiger partial charge in [-0.1, -0.05) is 0 Å². The van der Waals surface area contributed by atoms with Crippen LogP contribution in [-0.2, 0) is 35.2 Å². The molecule has 0 saturated carbocycles. The summed E-state index contributed by atoms with van der Waals surface area (Å²) in [6.45, 7) is 4.81. The molecule has 0 aromatic heterocycles. The third kappa shape index (κ3) is 4.57. The Morgan fingerprint density at radius 2 is 1.73 bits per heavy atom. The quantitative estimate of drug-likeness (QED) is 0.363. The number of hydrogen-bond acceptors (Lipinski definition) is 8. The number of esters is 2. The Hall–Kier alpha value is -3.76. The molecular weight excluding hydrogens is 434 g/mol. The number of hydrogen-bond donors (Lipinski definition) is 1. The Morgan fingerprint density at radius 1 is 1.09 bits per heavy atom. The van der Waals surface area contributed by atoms with Crippen LogP contribution in [0.3, 0.4) is 0 Å². The Labute approximate surface area is 190 Å². The molecule has 1 N–H and O–H groups in total. The predicted molar refractivity (Wildman–Crippen MR) is 112 cm³/mol. The van der Waals surface area contributed by atoms with E-state index in [1.807, 2.05) is 0 Å². The highest BCUT2D eigenvalue weighted by atomic mass is 16.5. The minimum atomic E-state index is -0.948. The largest absolute Gasteiger partial charge is 0.426 e. The number of benzene rings is 1. The SMILES string of the molecule is CC(=O)Oc1cc(C)c(OC(C)=O)c2c1[C@@H](CNC(=O)C(C)=O)N1C(=O)CN(C)C(=O)[C@@H]1C2. The molecule has 2 atom stereocenters. The van der Waals surface area contributed by atoms with Crippen LogP contribution in [0, 0.1) is 6.92 Å². The molecule has 3 rings (SSSR count). The van der Waals surface area contributed by atoms with Crippen molar-refractivity contribution >= 4 is 35.4 Å². The van der Waals surface area contributed by atoms with Gasteiger partial charge in [0.05, 0.1) is 12.6 Å². The Morgan fingerprint density at radius 3 is 2.30 bits per heavy atom. The molecule has 33 heavy (non-hydrogen) atoms. The van der Waals surface area contributed by atoms with E-state index in [0.29, 0.717) is 16.7 Å². The maximum absolute atomic E-state index is 13.0. The lowest BCUT2D eigenvalue weighted by Gasteiger charge is -2.47. The van der Waals surface area contributed by atoms with E-state index in [4.69, 9.17) is 9.47 Å². The summed E-state index contributed by atoms with van der Waals surface area (Å²) in [5.74, 6) is -3.19. The molecular formula is C22H25N3O8. The number of ketones is 1. The minimum absolute atomic E-state index is 0.0138. The van der Waals surface area contributed by atoms with Gasteiger partial charge in [-0.25, -0.2) is 0 Å². The Kier molecular flexibility index (Phi) is 6.52. The van der Waals surface area contributed by atoms with Crippen LogP contribution in [0.25, 0.3) is 0 Å². The molecule has 2 aliphatic rings. The average molecular weight is 459 g/mol. The van der Waals surface area contributed by atoms with Gasteiger partial charge in [-0.3, -0.25) is 28.8 Å². The summed E-state index contributed by atoms with van der Waals surface area (Å²) in [7, 11) is 1.51. The van der Waals surface area contributed by atoms with Crippen LogP contribution < -0.4 is 14.8 Å². The monoisotopic (exact) mass is 459 g/mol. The van der Waals surface area contributed by atoms with Crippen molar-refractivity contribution in [3.05, 3.63) is 22.8 Å². The zero-order valence-electron chi connectivity index (χ0n) is 19.0. The van der Waals surface area contributed by atoms with Crippen molar-refractivity contribution in [2.45, 2.75) is 46.2 Å². The molecule has 1 aromatic rings. The van der Waals surface area contributed by atoms with E-state index in [2.05, 4.69) is 5.32 Å². The molecule has 11 nitrogen and oxygen atoms in total. The van der Waals surface area contributed by atoms with Gasteiger partial charge in [0.25, 0.3) is 5.91 Å². The summed E-state index contributed by atoms with van der Waals surface area (Å²) >= 11 is 0. The van der Waals surface area contributed by atoms with Crippen molar-refractivity contribution in [1.82, 2.24) is 15.1 Å². The second-order valence-electron chi connectivity index (χ2n) is 8.10. The van der Waals surface area contributed by atoms with Crippen LogP contribution in [0.2, 0.25) is 0 Å². The summed E-state index contributed by atoms with van der Waals surface area (Å²) < 4.78 is 10.8. The summed E-state index contributed by atoms with van der Waals surface area (Å²) in [6, 6.07) is -0.373. The van der Waals surface area contributed by atoms with Crippen LogP contribution in [0.4, 0.5) is 0 Å². The van der Waals surface area contributed by atoms with Crippen molar-refractivity contribution in [3.8, 4) is 11.5 Å². The topological polar surface area (TPSA) is 139 Å². The average Bonchev–Trinajstić information content (AvgIpc) is 2.71. The van der Waals surface area contributed by atoms with E-state index in [-0.39, 0.29) is 42.8 Å². The summed E-state index contributed by atoms with van der Waals surface area (Å²) in [6.07, 6.45) is 0.0138. The van der Waals surface area contributed by atoms with E-state index < -0.39 is 35.7 Å². The van der Waals surface area contributed by atoms with Gasteiger partial charge < -0.3 is 24.6 Å². The van der Waals surface area contributed by atoms with Crippen molar-refractivity contribution < 1.29 is 38.2 Å². The molecule has 1 aromatic carbocycles. The number of amides is 3. The lowest BCUT2D eigenvalue weighted by Crippen LogP contribution is -2.63. The van der Waals surface area contributed by atoms with Crippen molar-refractivity contribution in [3.63, 3.8) is 0 Å². The molecule has 2 heterocycles. The number of likely N-dealkylation sites (N-methyl/N-ethyl adjacent to an activating group) is 1. The molecule has 3 amide bonds. The maximum atomic E-state index is 13.0. The van der Waals surface area contributed by atoms with Gasteiger partial charge in [0, 0.05) is 51.9 Å². The van der Waals surface area contributed by atoms with Crippen LogP contribution in [-0.4, -0.2) is 71.4 Å². The van der Waals surface area contributed by atoms with Gasteiger partial charge >= 0.3 is 11.9 Å². The molecule has 11 heteroatoms. The summed E-state index contributed by atoms with van der Waals surface area (Å²) in [4.78, 5) is 75.7. The van der Waals surface area contributed by atoms with E-state index in [1.54, 1.807) is 6.92 Å². The van der Waals surface area contributed by atoms with E-state index in [1.165, 1.54) is 36.8 Å². The highest BCUT2D eigenvalue weighted by Gasteiger charge is 2.48. The Balaban J connectivity index is 2.25. The number of fused-ring (bicyclic) bond motifs is 2. The lowest BCUT2D eigenvalue weighted by atomic mass is 9.83. The van der Waals surface area contributed by atoms with Gasteiger partial charge in [-0.2, -0.15) is 0 Å². The number of Topliss-reactive ketones (excluding diaryl/α,β-unsaturated/α-hetero) is 1. The summed E-state index contributed by atoms with van der Waals surface area (Å²) in [5, 5.41) is 2.47. The number of carbonyl (C=O) groups is 6. The van der Waals surface area contributed by atoms with Crippen LogP contribution in [0.15, 0.2) is 6.07 Å². The van der Waals surface area contributed by atoms with Crippen molar-refractivity contribution in [1.29, 1.82) is 0 Å². The molecule has 0 unspecified atom stereocenters. The molecule has 0 radical (unpaired) electrons. The third-order valence-electron chi connectivity index (χ3n) is 5.57. The molecule has 1 fully saturated rings. The normalized spacial score (nSPS) is 19.4. The highest BCUT2D eigenvalue weighted by molar-refractivity contribution is 6.35. The first-order valence-corrected chi connectivity index (χ1v) is 10.3. The summed E-state index contributed by atoms with van der Waals surface area (Å²) in [5.41, 5.74) is 1.24. The number of nitrogens with one attached hydrogen (secondary N) is 1. The first-order valence-electron chi connectivity index (χ1n) is 10.3. The van der Waals surface area contributed by atoms with Gasteiger partial charge in [-0.15, -0.1) is 0 Å².